The molecule has 0 spiro atoms. The van der Waals surface area contributed by atoms with E-state index < -0.39 is 5.97 Å². The SMILES string of the molecule is Cc1cc([C@H]2[C@H](c3ccccn3)NC(=S)N2c2ccc(Cl)cc2)c(C)n1-c1ccc(C(=O)O)cc1. The van der Waals surface area contributed by atoms with Crippen molar-refractivity contribution in [2.45, 2.75) is 25.9 Å². The highest BCUT2D eigenvalue weighted by Crippen LogP contribution is 2.43. The fourth-order valence-corrected chi connectivity index (χ4v) is 5.26. The number of thiocarbonyl (C=S) groups is 1. The molecule has 176 valence electrons. The lowest BCUT2D eigenvalue weighted by atomic mass is 9.96. The molecule has 0 saturated carbocycles. The number of aromatic nitrogens is 2. The molecule has 1 aliphatic rings. The summed E-state index contributed by atoms with van der Waals surface area (Å²) in [7, 11) is 0. The minimum Gasteiger partial charge on any atom is -0.478 e. The number of carboxylic acid groups (broad SMARTS) is 1. The number of nitrogens with one attached hydrogen (secondary N) is 1. The largest absolute Gasteiger partial charge is 0.478 e. The summed E-state index contributed by atoms with van der Waals surface area (Å²) in [6, 6.07) is 22.3. The van der Waals surface area contributed by atoms with E-state index in [0.29, 0.717) is 10.1 Å². The molecule has 2 aromatic heterocycles. The van der Waals surface area contributed by atoms with Crippen molar-refractivity contribution in [1.82, 2.24) is 14.9 Å². The maximum Gasteiger partial charge on any atom is 0.335 e. The molecule has 5 rings (SSSR count). The van der Waals surface area contributed by atoms with Crippen molar-refractivity contribution in [2.75, 3.05) is 4.90 Å². The number of hydrogen-bond acceptors (Lipinski definition) is 3. The maximum absolute atomic E-state index is 11.3. The van der Waals surface area contributed by atoms with Gasteiger partial charge in [0.25, 0.3) is 0 Å². The molecule has 1 fully saturated rings. The van der Waals surface area contributed by atoms with Gasteiger partial charge >= 0.3 is 5.97 Å². The van der Waals surface area contributed by atoms with Crippen LogP contribution >= 0.6 is 23.8 Å². The topological polar surface area (TPSA) is 70.4 Å². The molecule has 35 heavy (non-hydrogen) atoms. The van der Waals surface area contributed by atoms with Gasteiger partial charge in [-0.05, 0) is 98.4 Å². The van der Waals surface area contributed by atoms with Gasteiger partial charge in [0.2, 0.25) is 0 Å². The van der Waals surface area contributed by atoms with Crippen molar-refractivity contribution >= 4 is 40.6 Å². The molecule has 0 amide bonds. The Balaban J connectivity index is 1.65. The number of rotatable bonds is 5. The Labute approximate surface area is 213 Å². The third-order valence-corrected chi connectivity index (χ3v) is 6.93. The molecule has 1 aliphatic heterocycles. The predicted octanol–water partition coefficient (Wildman–Crippen LogP) is 6.02. The average Bonchev–Trinajstić information content (AvgIpc) is 3.35. The number of carbonyl (C=O) groups is 1. The first-order valence-corrected chi connectivity index (χ1v) is 11.9. The van der Waals surface area contributed by atoms with Gasteiger partial charge in [0.15, 0.2) is 5.11 Å². The lowest BCUT2D eigenvalue weighted by Crippen LogP contribution is -2.29. The van der Waals surface area contributed by atoms with Crippen LogP contribution in [0.2, 0.25) is 5.02 Å². The number of halogens is 1. The lowest BCUT2D eigenvalue weighted by molar-refractivity contribution is 0.0697. The van der Waals surface area contributed by atoms with Crippen molar-refractivity contribution in [2.24, 2.45) is 0 Å². The van der Waals surface area contributed by atoms with Crippen LogP contribution in [0.3, 0.4) is 0 Å². The van der Waals surface area contributed by atoms with E-state index in [9.17, 15) is 9.90 Å². The van der Waals surface area contributed by atoms with E-state index in [2.05, 4.69) is 32.8 Å². The summed E-state index contributed by atoms with van der Waals surface area (Å²) in [5.74, 6) is -0.944. The average molecular weight is 503 g/mol. The zero-order valence-corrected chi connectivity index (χ0v) is 20.7. The molecule has 6 nitrogen and oxygen atoms in total. The van der Waals surface area contributed by atoms with Gasteiger partial charge in [-0.2, -0.15) is 0 Å². The number of aryl methyl sites for hydroxylation is 1. The summed E-state index contributed by atoms with van der Waals surface area (Å²) in [5, 5.41) is 14.0. The van der Waals surface area contributed by atoms with Gasteiger partial charge in [0, 0.05) is 34.0 Å². The highest BCUT2D eigenvalue weighted by atomic mass is 35.5. The van der Waals surface area contributed by atoms with E-state index in [1.165, 1.54) is 0 Å². The normalized spacial score (nSPS) is 17.5. The molecular formula is C27H23ClN4O2S. The minimum atomic E-state index is -0.944. The quantitative estimate of drug-likeness (QED) is 0.325. The Kier molecular flexibility index (Phi) is 6.05. The molecule has 0 radical (unpaired) electrons. The second-order valence-corrected chi connectivity index (χ2v) is 9.31. The second kappa shape index (κ2) is 9.17. The smallest absolute Gasteiger partial charge is 0.335 e. The summed E-state index contributed by atoms with van der Waals surface area (Å²) in [6.45, 7) is 4.12. The number of nitrogens with zero attached hydrogens (tertiary/aromatic N) is 3. The first kappa shape index (κ1) is 23.1. The molecule has 3 heterocycles. The number of aromatic carboxylic acids is 1. The van der Waals surface area contributed by atoms with E-state index in [4.69, 9.17) is 23.8 Å². The Hall–Kier alpha value is -3.68. The third kappa shape index (κ3) is 4.17. The first-order chi connectivity index (χ1) is 16.8. The van der Waals surface area contributed by atoms with E-state index in [-0.39, 0.29) is 17.6 Å². The highest BCUT2D eigenvalue weighted by molar-refractivity contribution is 7.80. The van der Waals surface area contributed by atoms with Crippen LogP contribution in [0, 0.1) is 13.8 Å². The van der Waals surface area contributed by atoms with Crippen LogP contribution in [0.4, 0.5) is 5.69 Å². The van der Waals surface area contributed by atoms with Crippen LogP contribution < -0.4 is 10.2 Å². The second-order valence-electron chi connectivity index (χ2n) is 8.49. The third-order valence-electron chi connectivity index (χ3n) is 6.36. The van der Waals surface area contributed by atoms with Crippen molar-refractivity contribution in [1.29, 1.82) is 0 Å². The minimum absolute atomic E-state index is 0.156. The van der Waals surface area contributed by atoms with Crippen LogP contribution in [-0.4, -0.2) is 25.7 Å². The van der Waals surface area contributed by atoms with Gasteiger partial charge in [-0.25, -0.2) is 4.79 Å². The number of carboxylic acids is 1. The van der Waals surface area contributed by atoms with Gasteiger partial charge in [0.1, 0.15) is 0 Å². The zero-order valence-electron chi connectivity index (χ0n) is 19.1. The number of hydrogen-bond donors (Lipinski definition) is 2. The lowest BCUT2D eigenvalue weighted by Gasteiger charge is -2.28. The standard InChI is InChI=1S/C27H23ClN4O2S/c1-16-15-22(17(2)31(16)20-10-6-18(7-11-20)26(33)34)25-24(23-5-3-4-14-29-23)30-27(35)32(25)21-12-8-19(28)9-13-21/h3-15,24-25H,1-2H3,(H,30,35)(H,33,34)/t24-,25-/m0/s1. The highest BCUT2D eigenvalue weighted by Gasteiger charge is 2.42. The van der Waals surface area contributed by atoms with E-state index in [0.717, 1.165) is 34.0 Å². The number of benzene rings is 2. The van der Waals surface area contributed by atoms with E-state index in [1.807, 2.05) is 61.5 Å². The first-order valence-electron chi connectivity index (χ1n) is 11.1. The molecular weight excluding hydrogens is 480 g/mol. The van der Waals surface area contributed by atoms with Gasteiger partial charge in [0.05, 0.1) is 23.3 Å². The van der Waals surface area contributed by atoms with Gasteiger partial charge in [-0.1, -0.05) is 17.7 Å². The number of anilines is 1. The summed E-state index contributed by atoms with van der Waals surface area (Å²) in [6.07, 6.45) is 1.79. The summed E-state index contributed by atoms with van der Waals surface area (Å²) in [4.78, 5) is 18.0. The molecule has 1 saturated heterocycles. The predicted molar refractivity (Wildman–Crippen MR) is 142 cm³/mol. The summed E-state index contributed by atoms with van der Waals surface area (Å²) in [5.41, 5.74) is 6.17. The molecule has 0 unspecified atom stereocenters. The fourth-order valence-electron chi connectivity index (χ4n) is 4.79. The molecule has 2 N–H and O–H groups in total. The fraction of sp³-hybridized carbons (Fsp3) is 0.148. The van der Waals surface area contributed by atoms with Gasteiger partial charge in [-0.15, -0.1) is 0 Å². The van der Waals surface area contributed by atoms with Crippen LogP contribution in [0.5, 0.6) is 0 Å². The Morgan fingerprint density at radius 1 is 1.03 bits per heavy atom. The van der Waals surface area contributed by atoms with E-state index >= 15 is 0 Å². The van der Waals surface area contributed by atoms with Gasteiger partial charge < -0.3 is 19.9 Å². The van der Waals surface area contributed by atoms with Crippen molar-refractivity contribution in [3.8, 4) is 5.69 Å². The molecule has 0 bridgehead atoms. The zero-order chi connectivity index (χ0) is 24.7. The van der Waals surface area contributed by atoms with E-state index in [1.54, 1.807) is 18.3 Å². The van der Waals surface area contributed by atoms with Crippen molar-refractivity contribution < 1.29 is 9.90 Å². The Bertz CT molecular complexity index is 1400. The molecule has 8 heteroatoms. The molecule has 0 aliphatic carbocycles. The summed E-state index contributed by atoms with van der Waals surface area (Å²) < 4.78 is 2.14. The maximum atomic E-state index is 11.3. The number of pyridine rings is 1. The van der Waals surface area contributed by atoms with Crippen LogP contribution in [-0.2, 0) is 0 Å². The monoisotopic (exact) mass is 502 g/mol. The van der Waals surface area contributed by atoms with Crippen LogP contribution in [0.1, 0.15) is 45.1 Å². The van der Waals surface area contributed by atoms with Crippen LogP contribution in [0.15, 0.2) is 79.0 Å². The van der Waals surface area contributed by atoms with Crippen LogP contribution in [0.25, 0.3) is 5.69 Å². The van der Waals surface area contributed by atoms with Crippen molar-refractivity contribution in [3.63, 3.8) is 0 Å². The Morgan fingerprint density at radius 2 is 1.71 bits per heavy atom. The molecule has 4 aromatic rings. The summed E-state index contributed by atoms with van der Waals surface area (Å²) >= 11 is 12.0. The van der Waals surface area contributed by atoms with Crippen molar-refractivity contribution in [3.05, 3.63) is 112 Å². The molecule has 2 atom stereocenters. The van der Waals surface area contributed by atoms with Gasteiger partial charge in [-0.3, -0.25) is 4.98 Å². The Morgan fingerprint density at radius 3 is 2.34 bits per heavy atom. The molecule has 2 aromatic carbocycles.